The Labute approximate surface area is 186 Å². The van der Waals surface area contributed by atoms with E-state index in [1.54, 1.807) is 55.5 Å². The number of carbonyl (C=O) groups excluding carboxylic acids is 2. The maximum atomic E-state index is 13.5. The van der Waals surface area contributed by atoms with Gasteiger partial charge in [0.15, 0.2) is 0 Å². The molecule has 0 unspecified atom stereocenters. The van der Waals surface area contributed by atoms with Crippen molar-refractivity contribution >= 4 is 33.2 Å². The van der Waals surface area contributed by atoms with E-state index >= 15 is 0 Å². The maximum Gasteiger partial charge on any atom is 0.264 e. The molecule has 3 rings (SSSR count). The quantitative estimate of drug-likeness (QED) is 0.544. The van der Waals surface area contributed by atoms with E-state index in [4.69, 9.17) is 10.5 Å². The van der Waals surface area contributed by atoms with Crippen LogP contribution in [0, 0.1) is 6.92 Å². The van der Waals surface area contributed by atoms with Gasteiger partial charge in [-0.25, -0.2) is 8.42 Å². The van der Waals surface area contributed by atoms with Crippen LogP contribution in [0.25, 0.3) is 0 Å². The molecule has 32 heavy (non-hydrogen) atoms. The van der Waals surface area contributed by atoms with Crippen LogP contribution in [0.1, 0.15) is 15.9 Å². The Morgan fingerprint density at radius 1 is 1.00 bits per heavy atom. The number of benzene rings is 3. The number of methoxy groups -OCH3 is 1. The minimum atomic E-state index is -4.09. The van der Waals surface area contributed by atoms with Gasteiger partial charge in [0.1, 0.15) is 12.3 Å². The van der Waals surface area contributed by atoms with Gasteiger partial charge in [0.25, 0.3) is 15.9 Å². The molecule has 0 saturated heterocycles. The lowest BCUT2D eigenvalue weighted by Gasteiger charge is -2.24. The highest BCUT2D eigenvalue weighted by molar-refractivity contribution is 7.92. The highest BCUT2D eigenvalue weighted by Crippen LogP contribution is 2.27. The molecule has 0 aliphatic heterocycles. The smallest absolute Gasteiger partial charge is 0.264 e. The predicted octanol–water partition coefficient (Wildman–Crippen LogP) is 2.94. The highest BCUT2D eigenvalue weighted by atomic mass is 32.2. The fraction of sp³-hybridized carbons (Fsp3) is 0.130. The second-order valence-electron chi connectivity index (χ2n) is 6.94. The zero-order valence-electron chi connectivity index (χ0n) is 17.6. The van der Waals surface area contributed by atoms with Crippen molar-refractivity contribution in [2.75, 3.05) is 23.3 Å². The summed E-state index contributed by atoms with van der Waals surface area (Å²) in [6, 6.07) is 19.0. The van der Waals surface area contributed by atoms with Crippen molar-refractivity contribution in [2.45, 2.75) is 11.8 Å². The topological polar surface area (TPSA) is 119 Å². The summed E-state index contributed by atoms with van der Waals surface area (Å²) < 4.78 is 33.2. The molecule has 3 aromatic rings. The first-order valence-corrected chi connectivity index (χ1v) is 11.1. The fourth-order valence-electron chi connectivity index (χ4n) is 3.18. The largest absolute Gasteiger partial charge is 0.496 e. The number of sulfonamides is 1. The molecule has 0 aliphatic carbocycles. The molecule has 3 N–H and O–H groups in total. The number of hydrogen-bond donors (Lipinski definition) is 2. The summed E-state index contributed by atoms with van der Waals surface area (Å²) in [7, 11) is -2.59. The fourth-order valence-corrected chi connectivity index (χ4v) is 4.68. The maximum absolute atomic E-state index is 13.5. The molecule has 8 nitrogen and oxygen atoms in total. The lowest BCUT2D eigenvalue weighted by Crippen LogP contribution is -2.38. The number of para-hydroxylation sites is 2. The van der Waals surface area contributed by atoms with E-state index in [2.05, 4.69) is 5.32 Å². The molecule has 0 aliphatic rings. The normalized spacial score (nSPS) is 10.9. The Balaban J connectivity index is 1.96. The van der Waals surface area contributed by atoms with Gasteiger partial charge in [-0.3, -0.25) is 13.9 Å². The molecule has 3 aromatic carbocycles. The van der Waals surface area contributed by atoms with Crippen LogP contribution in [-0.4, -0.2) is 33.9 Å². The first kappa shape index (κ1) is 22.8. The van der Waals surface area contributed by atoms with E-state index in [-0.39, 0.29) is 16.1 Å². The predicted molar refractivity (Wildman–Crippen MR) is 122 cm³/mol. The summed E-state index contributed by atoms with van der Waals surface area (Å²) >= 11 is 0. The highest BCUT2D eigenvalue weighted by Gasteiger charge is 2.28. The van der Waals surface area contributed by atoms with Crippen molar-refractivity contribution in [2.24, 2.45) is 5.73 Å². The summed E-state index contributed by atoms with van der Waals surface area (Å²) in [5.41, 5.74) is 6.65. The standard InChI is InChI=1S/C23H23N3O5S/c1-16-14-18(12-13-21(16)31-2)32(29,30)26(17-8-4-3-5-9-17)15-22(27)25-20-11-7-6-10-19(20)23(24)28/h3-14H,15H2,1-2H3,(H2,24,28)(H,25,27). The average molecular weight is 454 g/mol. The van der Waals surface area contributed by atoms with Crippen LogP contribution in [0.3, 0.4) is 0 Å². The Morgan fingerprint density at radius 2 is 1.66 bits per heavy atom. The summed E-state index contributed by atoms with van der Waals surface area (Å²) in [5, 5.41) is 2.58. The minimum Gasteiger partial charge on any atom is -0.496 e. The number of primary amides is 1. The summed E-state index contributed by atoms with van der Waals surface area (Å²) in [4.78, 5) is 24.5. The summed E-state index contributed by atoms with van der Waals surface area (Å²) in [6.07, 6.45) is 0. The van der Waals surface area contributed by atoms with E-state index in [0.717, 1.165) is 4.31 Å². The minimum absolute atomic E-state index is 0.0185. The number of nitrogens with zero attached hydrogens (tertiary/aromatic N) is 1. The number of hydrogen-bond acceptors (Lipinski definition) is 5. The van der Waals surface area contributed by atoms with Crippen LogP contribution >= 0.6 is 0 Å². The number of nitrogens with two attached hydrogens (primary N) is 1. The number of anilines is 2. The molecule has 0 atom stereocenters. The van der Waals surface area contributed by atoms with Crippen LogP contribution in [0.15, 0.2) is 77.7 Å². The number of aryl methyl sites for hydroxylation is 1. The van der Waals surface area contributed by atoms with Gasteiger partial charge >= 0.3 is 0 Å². The number of amides is 2. The second-order valence-corrected chi connectivity index (χ2v) is 8.80. The molecule has 0 heterocycles. The van der Waals surface area contributed by atoms with E-state index in [1.807, 2.05) is 0 Å². The van der Waals surface area contributed by atoms with Crippen LogP contribution in [0.4, 0.5) is 11.4 Å². The molecule has 0 fully saturated rings. The number of rotatable bonds is 8. The number of nitrogens with one attached hydrogen (secondary N) is 1. The molecular weight excluding hydrogens is 430 g/mol. The Hall–Kier alpha value is -3.85. The molecule has 0 saturated carbocycles. The number of ether oxygens (including phenoxy) is 1. The zero-order chi connectivity index (χ0) is 23.3. The van der Waals surface area contributed by atoms with Gasteiger partial charge in [-0.05, 0) is 55.0 Å². The molecule has 9 heteroatoms. The Bertz CT molecular complexity index is 1240. The zero-order valence-corrected chi connectivity index (χ0v) is 18.4. The summed E-state index contributed by atoms with van der Waals surface area (Å²) in [5.74, 6) is -0.783. The van der Waals surface area contributed by atoms with Crippen molar-refractivity contribution in [1.82, 2.24) is 0 Å². The first-order valence-electron chi connectivity index (χ1n) is 9.65. The third-order valence-corrected chi connectivity index (χ3v) is 6.52. The lowest BCUT2D eigenvalue weighted by molar-refractivity contribution is -0.114. The van der Waals surface area contributed by atoms with E-state index in [0.29, 0.717) is 17.0 Å². The van der Waals surface area contributed by atoms with Gasteiger partial charge in [-0.15, -0.1) is 0 Å². The third-order valence-electron chi connectivity index (χ3n) is 4.75. The average Bonchev–Trinajstić information content (AvgIpc) is 2.78. The van der Waals surface area contributed by atoms with Gasteiger partial charge in [0.2, 0.25) is 5.91 Å². The van der Waals surface area contributed by atoms with Gasteiger partial charge in [-0.2, -0.15) is 0 Å². The monoisotopic (exact) mass is 453 g/mol. The molecule has 0 aromatic heterocycles. The van der Waals surface area contributed by atoms with Crippen molar-refractivity contribution in [3.63, 3.8) is 0 Å². The molecular formula is C23H23N3O5S. The Kier molecular flexibility index (Phi) is 6.79. The van der Waals surface area contributed by atoms with E-state index in [9.17, 15) is 18.0 Å². The van der Waals surface area contributed by atoms with Gasteiger partial charge in [-0.1, -0.05) is 30.3 Å². The summed E-state index contributed by atoms with van der Waals surface area (Å²) in [6.45, 7) is 1.22. The molecule has 2 amide bonds. The molecule has 166 valence electrons. The van der Waals surface area contributed by atoms with Crippen molar-refractivity contribution in [3.8, 4) is 5.75 Å². The molecule has 0 radical (unpaired) electrons. The van der Waals surface area contributed by atoms with Crippen LogP contribution in [-0.2, 0) is 14.8 Å². The van der Waals surface area contributed by atoms with E-state index < -0.39 is 28.4 Å². The second kappa shape index (κ2) is 9.52. The van der Waals surface area contributed by atoms with Gasteiger partial charge in [0.05, 0.1) is 28.9 Å². The van der Waals surface area contributed by atoms with Crippen molar-refractivity contribution in [1.29, 1.82) is 0 Å². The van der Waals surface area contributed by atoms with Crippen LogP contribution in [0.5, 0.6) is 5.75 Å². The molecule has 0 bridgehead atoms. The van der Waals surface area contributed by atoms with E-state index in [1.165, 1.54) is 31.4 Å². The third kappa shape index (κ3) is 4.89. The van der Waals surface area contributed by atoms with Crippen LogP contribution < -0.4 is 20.1 Å². The van der Waals surface area contributed by atoms with Gasteiger partial charge in [0, 0.05) is 0 Å². The van der Waals surface area contributed by atoms with Crippen LogP contribution in [0.2, 0.25) is 0 Å². The SMILES string of the molecule is COc1ccc(S(=O)(=O)N(CC(=O)Nc2ccccc2C(N)=O)c2ccccc2)cc1C. The van der Waals surface area contributed by atoms with Crippen molar-refractivity contribution < 1.29 is 22.7 Å². The molecule has 0 spiro atoms. The van der Waals surface area contributed by atoms with Gasteiger partial charge < -0.3 is 15.8 Å². The number of carbonyl (C=O) groups is 2. The Morgan fingerprint density at radius 3 is 2.28 bits per heavy atom. The lowest BCUT2D eigenvalue weighted by atomic mass is 10.1. The van der Waals surface area contributed by atoms with Crippen molar-refractivity contribution in [3.05, 3.63) is 83.9 Å². The first-order chi connectivity index (χ1) is 15.2.